The largest absolute Gasteiger partial charge is 0.496 e. The van der Waals surface area contributed by atoms with Gasteiger partial charge in [-0.15, -0.1) is 0 Å². The molecule has 1 aromatic carbocycles. The number of ether oxygens (including phenoxy) is 1. The normalized spacial score (nSPS) is 14.0. The molecule has 1 aliphatic heterocycles. The molecule has 3 heterocycles. The Morgan fingerprint density at radius 2 is 1.69 bits per heavy atom. The standard InChI is InChI=1S/C21H25N7O/c1-16-14-19(27-10-12-28(13-11-27)21-22-8-5-9-23-21)26-20(25-16)24-15-17-6-3-4-7-18(17)29-2/h3-9,14H,10-13,15H2,1-2H3,(H,24,25,26). The van der Waals surface area contributed by atoms with Crippen LogP contribution in [0.15, 0.2) is 48.8 Å². The number of nitrogens with zero attached hydrogens (tertiary/aromatic N) is 6. The molecule has 0 aliphatic carbocycles. The van der Waals surface area contributed by atoms with E-state index in [4.69, 9.17) is 9.72 Å². The maximum atomic E-state index is 5.42. The van der Waals surface area contributed by atoms with Crippen molar-refractivity contribution in [3.8, 4) is 5.75 Å². The molecular weight excluding hydrogens is 366 g/mol. The SMILES string of the molecule is COc1ccccc1CNc1nc(C)cc(N2CCN(c3ncccn3)CC2)n1. The van der Waals surface area contributed by atoms with Gasteiger partial charge >= 0.3 is 0 Å². The van der Waals surface area contributed by atoms with Crippen molar-refractivity contribution in [2.75, 3.05) is 48.4 Å². The number of nitrogens with one attached hydrogen (secondary N) is 1. The molecule has 0 unspecified atom stereocenters. The summed E-state index contributed by atoms with van der Waals surface area (Å²) in [6, 6.07) is 11.8. The number of hydrogen-bond donors (Lipinski definition) is 1. The van der Waals surface area contributed by atoms with Gasteiger partial charge in [-0.1, -0.05) is 18.2 Å². The fourth-order valence-electron chi connectivity index (χ4n) is 3.41. The number of para-hydroxylation sites is 1. The zero-order chi connectivity index (χ0) is 20.1. The Hall–Kier alpha value is -3.42. The van der Waals surface area contributed by atoms with E-state index in [1.807, 2.05) is 43.3 Å². The van der Waals surface area contributed by atoms with Crippen LogP contribution in [0.4, 0.5) is 17.7 Å². The minimum atomic E-state index is 0.603. The van der Waals surface area contributed by atoms with Crippen molar-refractivity contribution in [3.63, 3.8) is 0 Å². The molecule has 0 amide bonds. The third kappa shape index (κ3) is 4.53. The van der Waals surface area contributed by atoms with Gasteiger partial charge < -0.3 is 19.9 Å². The van der Waals surface area contributed by atoms with Crippen LogP contribution in [0.3, 0.4) is 0 Å². The minimum absolute atomic E-state index is 0.603. The van der Waals surface area contributed by atoms with E-state index in [9.17, 15) is 0 Å². The second kappa shape index (κ2) is 8.72. The number of aromatic nitrogens is 4. The Kier molecular flexibility index (Phi) is 5.69. The Bertz CT molecular complexity index is 943. The summed E-state index contributed by atoms with van der Waals surface area (Å²) >= 11 is 0. The van der Waals surface area contributed by atoms with Crippen LogP contribution in [0, 0.1) is 6.92 Å². The maximum absolute atomic E-state index is 5.42. The first kappa shape index (κ1) is 18.9. The molecule has 29 heavy (non-hydrogen) atoms. The smallest absolute Gasteiger partial charge is 0.225 e. The van der Waals surface area contributed by atoms with Crippen molar-refractivity contribution >= 4 is 17.7 Å². The van der Waals surface area contributed by atoms with Gasteiger partial charge in [-0.3, -0.25) is 0 Å². The fraction of sp³-hybridized carbons (Fsp3) is 0.333. The lowest BCUT2D eigenvalue weighted by atomic mass is 10.2. The average molecular weight is 391 g/mol. The molecule has 3 aromatic rings. The summed E-state index contributed by atoms with van der Waals surface area (Å²) in [7, 11) is 1.68. The topological polar surface area (TPSA) is 79.3 Å². The van der Waals surface area contributed by atoms with Crippen molar-refractivity contribution < 1.29 is 4.74 Å². The van der Waals surface area contributed by atoms with Gasteiger partial charge in [0.25, 0.3) is 0 Å². The molecule has 0 spiro atoms. The minimum Gasteiger partial charge on any atom is -0.496 e. The summed E-state index contributed by atoms with van der Waals surface area (Å²) < 4.78 is 5.42. The summed E-state index contributed by atoms with van der Waals surface area (Å²) in [6.07, 6.45) is 3.56. The first-order valence-electron chi connectivity index (χ1n) is 9.71. The molecule has 0 saturated carbocycles. The van der Waals surface area contributed by atoms with E-state index in [0.29, 0.717) is 12.5 Å². The van der Waals surface area contributed by atoms with Gasteiger partial charge in [-0.2, -0.15) is 4.98 Å². The summed E-state index contributed by atoms with van der Waals surface area (Å²) in [6.45, 7) is 6.04. The lowest BCUT2D eigenvalue weighted by molar-refractivity contribution is 0.410. The van der Waals surface area contributed by atoms with Crippen molar-refractivity contribution in [1.82, 2.24) is 19.9 Å². The van der Waals surface area contributed by atoms with E-state index < -0.39 is 0 Å². The van der Waals surface area contributed by atoms with Crippen molar-refractivity contribution in [2.24, 2.45) is 0 Å². The summed E-state index contributed by atoms with van der Waals surface area (Å²) in [5.41, 5.74) is 2.00. The zero-order valence-corrected chi connectivity index (χ0v) is 16.7. The number of hydrogen-bond acceptors (Lipinski definition) is 8. The fourth-order valence-corrected chi connectivity index (χ4v) is 3.41. The lowest BCUT2D eigenvalue weighted by Crippen LogP contribution is -2.47. The number of aryl methyl sites for hydroxylation is 1. The van der Waals surface area contributed by atoms with Gasteiger partial charge in [-0.25, -0.2) is 15.0 Å². The van der Waals surface area contributed by atoms with Gasteiger partial charge in [0.2, 0.25) is 11.9 Å². The van der Waals surface area contributed by atoms with Gasteiger partial charge in [-0.05, 0) is 19.1 Å². The molecule has 0 radical (unpaired) electrons. The van der Waals surface area contributed by atoms with Crippen LogP contribution in [0.5, 0.6) is 5.75 Å². The number of anilines is 3. The number of piperazine rings is 1. The molecule has 0 bridgehead atoms. The zero-order valence-electron chi connectivity index (χ0n) is 16.7. The number of rotatable bonds is 6. The average Bonchev–Trinajstić information content (AvgIpc) is 2.78. The quantitative estimate of drug-likeness (QED) is 0.687. The molecule has 4 rings (SSSR count). The summed E-state index contributed by atoms with van der Waals surface area (Å²) in [4.78, 5) is 22.5. The monoisotopic (exact) mass is 391 g/mol. The van der Waals surface area contributed by atoms with Crippen molar-refractivity contribution in [2.45, 2.75) is 13.5 Å². The Labute approximate surface area is 170 Å². The first-order valence-corrected chi connectivity index (χ1v) is 9.71. The van der Waals surface area contributed by atoms with Crippen LogP contribution < -0.4 is 19.9 Å². The number of benzene rings is 1. The predicted octanol–water partition coefficient (Wildman–Crippen LogP) is 2.52. The highest BCUT2D eigenvalue weighted by molar-refractivity contribution is 5.47. The van der Waals surface area contributed by atoms with E-state index in [-0.39, 0.29) is 0 Å². The highest BCUT2D eigenvalue weighted by atomic mass is 16.5. The third-order valence-electron chi connectivity index (χ3n) is 4.91. The molecule has 2 aromatic heterocycles. The Balaban J connectivity index is 1.42. The molecule has 1 N–H and O–H groups in total. The molecule has 0 atom stereocenters. The van der Waals surface area contributed by atoms with E-state index in [1.165, 1.54) is 0 Å². The second-order valence-corrected chi connectivity index (χ2v) is 6.88. The molecule has 8 heteroatoms. The van der Waals surface area contributed by atoms with Crippen molar-refractivity contribution in [3.05, 3.63) is 60.0 Å². The Morgan fingerprint density at radius 1 is 0.966 bits per heavy atom. The van der Waals surface area contributed by atoms with E-state index in [1.54, 1.807) is 19.5 Å². The lowest BCUT2D eigenvalue weighted by Gasteiger charge is -2.35. The van der Waals surface area contributed by atoms with Crippen LogP contribution in [0.1, 0.15) is 11.3 Å². The molecule has 150 valence electrons. The molecule has 1 aliphatic rings. The van der Waals surface area contributed by atoms with Crippen LogP contribution in [0.25, 0.3) is 0 Å². The third-order valence-corrected chi connectivity index (χ3v) is 4.91. The van der Waals surface area contributed by atoms with Crippen LogP contribution in [0.2, 0.25) is 0 Å². The van der Waals surface area contributed by atoms with E-state index in [0.717, 1.165) is 55.0 Å². The number of methoxy groups -OCH3 is 1. The first-order chi connectivity index (χ1) is 14.2. The van der Waals surface area contributed by atoms with Crippen LogP contribution in [-0.2, 0) is 6.54 Å². The summed E-state index contributed by atoms with van der Waals surface area (Å²) in [5, 5.41) is 3.33. The van der Waals surface area contributed by atoms with Crippen molar-refractivity contribution in [1.29, 1.82) is 0 Å². The molecular formula is C21H25N7O. The van der Waals surface area contributed by atoms with E-state index in [2.05, 4.69) is 30.1 Å². The molecule has 1 fully saturated rings. The second-order valence-electron chi connectivity index (χ2n) is 6.88. The Morgan fingerprint density at radius 3 is 2.45 bits per heavy atom. The van der Waals surface area contributed by atoms with Crippen LogP contribution >= 0.6 is 0 Å². The van der Waals surface area contributed by atoms with Gasteiger partial charge in [0.1, 0.15) is 11.6 Å². The van der Waals surface area contributed by atoms with Crippen LogP contribution in [-0.4, -0.2) is 53.2 Å². The predicted molar refractivity (Wildman–Crippen MR) is 114 cm³/mol. The highest BCUT2D eigenvalue weighted by Crippen LogP contribution is 2.21. The van der Waals surface area contributed by atoms with Gasteiger partial charge in [0.05, 0.1) is 7.11 Å². The van der Waals surface area contributed by atoms with Gasteiger partial charge in [0.15, 0.2) is 0 Å². The van der Waals surface area contributed by atoms with Gasteiger partial charge in [0, 0.05) is 62.4 Å². The highest BCUT2D eigenvalue weighted by Gasteiger charge is 2.20. The molecule has 8 nitrogen and oxygen atoms in total. The summed E-state index contributed by atoms with van der Waals surface area (Å²) in [5.74, 6) is 3.20. The maximum Gasteiger partial charge on any atom is 0.225 e. The molecule has 1 saturated heterocycles. The van der Waals surface area contributed by atoms with E-state index >= 15 is 0 Å².